The highest BCUT2D eigenvalue weighted by molar-refractivity contribution is 6.44. The molecule has 0 aliphatic carbocycles. The summed E-state index contributed by atoms with van der Waals surface area (Å²) in [5, 5.41) is 0.600. The molecule has 10 heteroatoms. The fraction of sp³-hybridized carbons (Fsp3) is 0.450. The number of rotatable bonds is 4. The first kappa shape index (κ1) is 25.9. The second-order valence-electron chi connectivity index (χ2n) is 6.34. The summed E-state index contributed by atoms with van der Waals surface area (Å²) in [6.07, 6.45) is 0.938. The lowest BCUT2D eigenvalue weighted by molar-refractivity contribution is 0.0996. The zero-order chi connectivity index (χ0) is 22.8. The van der Waals surface area contributed by atoms with Crippen molar-refractivity contribution in [2.75, 3.05) is 36.8 Å². The molecule has 1 aliphatic heterocycles. The lowest BCUT2D eigenvalue weighted by Gasteiger charge is -2.19. The molecule has 30 heavy (non-hydrogen) atoms. The van der Waals surface area contributed by atoms with E-state index in [4.69, 9.17) is 46.1 Å². The number of primary amides is 1. The van der Waals surface area contributed by atoms with E-state index in [0.29, 0.717) is 41.1 Å². The maximum absolute atomic E-state index is 12.0. The number of nitrogens with zero attached hydrogens (tertiary/aromatic N) is 3. The summed E-state index contributed by atoms with van der Waals surface area (Å²) in [7, 11) is 0. The molecule has 1 aromatic carbocycles. The van der Waals surface area contributed by atoms with Gasteiger partial charge >= 0.3 is 0 Å². The van der Waals surface area contributed by atoms with Crippen LogP contribution in [-0.4, -0.2) is 42.1 Å². The van der Waals surface area contributed by atoms with Crippen LogP contribution in [0.25, 0.3) is 11.1 Å². The van der Waals surface area contributed by atoms with E-state index in [9.17, 15) is 4.79 Å². The number of halogens is 2. The van der Waals surface area contributed by atoms with Crippen LogP contribution in [0, 0.1) is 5.92 Å². The number of benzene rings is 1. The first-order valence-electron chi connectivity index (χ1n) is 9.90. The number of amides is 1. The Labute approximate surface area is 187 Å². The summed E-state index contributed by atoms with van der Waals surface area (Å²) in [6.45, 7) is 8.70. The molecule has 1 aromatic heterocycles. The second-order valence-corrected chi connectivity index (χ2v) is 7.13. The molecule has 1 unspecified atom stereocenters. The number of nitrogen functional groups attached to an aromatic ring is 1. The number of carbonyl (C=O) groups is 1. The van der Waals surface area contributed by atoms with Crippen molar-refractivity contribution in [1.29, 1.82) is 0 Å². The number of carbonyl (C=O) groups excluding carboxylic acids is 1. The van der Waals surface area contributed by atoms with Gasteiger partial charge in [0.15, 0.2) is 0 Å². The number of aromatic nitrogens is 2. The van der Waals surface area contributed by atoms with Gasteiger partial charge in [0.25, 0.3) is 5.91 Å². The maximum atomic E-state index is 12.0. The normalized spacial score (nSPS) is 15.0. The Balaban J connectivity index is 0.000000826. The van der Waals surface area contributed by atoms with Crippen molar-refractivity contribution in [3.05, 3.63) is 33.9 Å². The number of hydrogen-bond acceptors (Lipinski definition) is 7. The predicted octanol–water partition coefficient (Wildman–Crippen LogP) is 2.91. The van der Waals surface area contributed by atoms with Gasteiger partial charge in [0.05, 0.1) is 15.6 Å². The van der Waals surface area contributed by atoms with Crippen molar-refractivity contribution in [3.63, 3.8) is 0 Å². The van der Waals surface area contributed by atoms with Crippen LogP contribution < -0.4 is 27.8 Å². The highest BCUT2D eigenvalue weighted by atomic mass is 35.5. The first-order chi connectivity index (χ1) is 14.3. The van der Waals surface area contributed by atoms with Gasteiger partial charge in [-0.15, -0.1) is 0 Å². The molecule has 166 valence electrons. The number of nitrogens with two attached hydrogens (primary N) is 4. The van der Waals surface area contributed by atoms with E-state index in [1.807, 2.05) is 25.7 Å². The van der Waals surface area contributed by atoms with E-state index in [1.165, 1.54) is 0 Å². The van der Waals surface area contributed by atoms with Crippen molar-refractivity contribution in [2.24, 2.45) is 23.1 Å². The van der Waals surface area contributed by atoms with Crippen molar-refractivity contribution < 1.29 is 4.79 Å². The van der Waals surface area contributed by atoms with Crippen molar-refractivity contribution in [1.82, 2.24) is 9.97 Å². The lowest BCUT2D eigenvalue weighted by Crippen LogP contribution is -2.26. The number of hydrogen-bond donors (Lipinski definition) is 4. The molecular formula is C20H31Cl2N7O. The summed E-state index contributed by atoms with van der Waals surface area (Å²) < 4.78 is 0. The Morgan fingerprint density at radius 3 is 2.40 bits per heavy atom. The molecule has 1 atom stereocenters. The summed E-state index contributed by atoms with van der Waals surface area (Å²) >= 11 is 12.3. The minimum Gasteiger partial charge on any atom is -0.383 e. The fourth-order valence-corrected chi connectivity index (χ4v) is 3.35. The molecule has 8 nitrogen and oxygen atoms in total. The van der Waals surface area contributed by atoms with Crippen LogP contribution in [0.4, 0.5) is 11.8 Å². The zero-order valence-corrected chi connectivity index (χ0v) is 19.2. The van der Waals surface area contributed by atoms with Crippen LogP contribution >= 0.6 is 23.2 Å². The predicted molar refractivity (Wildman–Crippen MR) is 126 cm³/mol. The van der Waals surface area contributed by atoms with Gasteiger partial charge in [0.2, 0.25) is 5.95 Å². The summed E-state index contributed by atoms with van der Waals surface area (Å²) in [5.74, 6) is 0.142. The molecule has 1 aliphatic rings. The van der Waals surface area contributed by atoms with Gasteiger partial charge in [-0.3, -0.25) is 4.79 Å². The molecule has 1 amide bonds. The van der Waals surface area contributed by atoms with Crippen LogP contribution in [0.15, 0.2) is 18.2 Å². The SMILES string of the molecule is CC.CCN.NCC1CCN(c2nc(N)c(-c3cccc(Cl)c3Cl)c(C(N)=O)n2)C1. The van der Waals surface area contributed by atoms with E-state index in [2.05, 4.69) is 9.97 Å². The molecule has 3 rings (SSSR count). The quantitative estimate of drug-likeness (QED) is 0.552. The minimum absolute atomic E-state index is 0.0165. The third-order valence-corrected chi connectivity index (χ3v) is 5.10. The van der Waals surface area contributed by atoms with Gasteiger partial charge < -0.3 is 27.8 Å². The second kappa shape index (κ2) is 12.5. The van der Waals surface area contributed by atoms with E-state index >= 15 is 0 Å². The minimum atomic E-state index is -0.712. The number of anilines is 2. The maximum Gasteiger partial charge on any atom is 0.268 e. The van der Waals surface area contributed by atoms with E-state index in [0.717, 1.165) is 19.5 Å². The van der Waals surface area contributed by atoms with Gasteiger partial charge in [-0.2, -0.15) is 4.98 Å². The van der Waals surface area contributed by atoms with Crippen LogP contribution in [0.1, 0.15) is 37.7 Å². The Bertz CT molecular complexity index is 848. The van der Waals surface area contributed by atoms with Crippen LogP contribution in [-0.2, 0) is 0 Å². The van der Waals surface area contributed by atoms with Gasteiger partial charge in [-0.25, -0.2) is 4.98 Å². The largest absolute Gasteiger partial charge is 0.383 e. The summed E-state index contributed by atoms with van der Waals surface area (Å²) in [4.78, 5) is 22.6. The molecule has 1 saturated heterocycles. The standard InChI is InChI=1S/C16H18Cl2N6O.C2H7N.C2H6/c17-10-3-1-2-9(12(10)18)11-13(15(21)25)22-16(23-14(11)20)24-5-4-8(6-19)7-24;1-2-3;1-2/h1-3,8H,4-7,19H2,(H2,21,25)(H2,20,22,23);2-3H2,1H3;1-2H3. The van der Waals surface area contributed by atoms with Crippen molar-refractivity contribution in [2.45, 2.75) is 27.2 Å². The molecule has 1 fully saturated rings. The summed E-state index contributed by atoms with van der Waals surface area (Å²) in [5.41, 5.74) is 23.0. The van der Waals surface area contributed by atoms with E-state index in [-0.39, 0.29) is 16.5 Å². The first-order valence-corrected chi connectivity index (χ1v) is 10.7. The third kappa shape index (κ3) is 6.18. The van der Waals surface area contributed by atoms with Gasteiger partial charge in [-0.1, -0.05) is 56.1 Å². The van der Waals surface area contributed by atoms with E-state index < -0.39 is 5.91 Å². The third-order valence-electron chi connectivity index (χ3n) is 4.28. The molecule has 2 aromatic rings. The highest BCUT2D eigenvalue weighted by Crippen LogP contribution is 2.38. The Morgan fingerprint density at radius 2 is 1.87 bits per heavy atom. The molecule has 0 spiro atoms. The van der Waals surface area contributed by atoms with Gasteiger partial charge in [-0.05, 0) is 31.5 Å². The fourth-order valence-electron chi connectivity index (χ4n) is 2.95. The lowest BCUT2D eigenvalue weighted by atomic mass is 10.0. The van der Waals surface area contributed by atoms with Crippen LogP contribution in [0.5, 0.6) is 0 Å². The average Bonchev–Trinajstić information content (AvgIpc) is 3.21. The molecule has 0 saturated carbocycles. The Hall–Kier alpha value is -2.13. The molecular weight excluding hydrogens is 425 g/mol. The van der Waals surface area contributed by atoms with Crippen molar-refractivity contribution >= 4 is 40.9 Å². The monoisotopic (exact) mass is 455 g/mol. The average molecular weight is 456 g/mol. The van der Waals surface area contributed by atoms with E-state index in [1.54, 1.807) is 18.2 Å². The van der Waals surface area contributed by atoms with Crippen LogP contribution in [0.3, 0.4) is 0 Å². The Kier molecular flexibility index (Phi) is 10.8. The zero-order valence-electron chi connectivity index (χ0n) is 17.7. The highest BCUT2D eigenvalue weighted by Gasteiger charge is 2.27. The van der Waals surface area contributed by atoms with Crippen LogP contribution in [0.2, 0.25) is 10.0 Å². The summed E-state index contributed by atoms with van der Waals surface area (Å²) in [6, 6.07) is 5.03. The van der Waals surface area contributed by atoms with Gasteiger partial charge in [0.1, 0.15) is 11.5 Å². The van der Waals surface area contributed by atoms with Gasteiger partial charge in [0, 0.05) is 18.7 Å². The molecule has 0 radical (unpaired) electrons. The molecule has 8 N–H and O–H groups in total. The van der Waals surface area contributed by atoms with Crippen molar-refractivity contribution in [3.8, 4) is 11.1 Å². The molecule has 2 heterocycles. The topological polar surface area (TPSA) is 150 Å². The Morgan fingerprint density at radius 1 is 1.23 bits per heavy atom. The smallest absolute Gasteiger partial charge is 0.268 e. The molecule has 0 bridgehead atoms.